The van der Waals surface area contributed by atoms with Crippen molar-refractivity contribution >= 4 is 21.4 Å². The maximum Gasteiger partial charge on any atom is 0.121 e. The van der Waals surface area contributed by atoms with Gasteiger partial charge in [0.15, 0.2) is 0 Å². The van der Waals surface area contributed by atoms with Gasteiger partial charge in [-0.15, -0.1) is 11.3 Å². The maximum absolute atomic E-state index is 10.7. The minimum absolute atomic E-state index is 0.0480. The topological polar surface area (TPSA) is 110 Å². The van der Waals surface area contributed by atoms with Crippen LogP contribution < -0.4 is 0 Å². The third kappa shape index (κ3) is 4.22. The standard InChI is InChI=1S/C24H28O6S/c1-12(2)16-10-18(26)17(24-23(29)22(28)21(27)19(11-25)30-24)9-14(16)8-15-7-13-5-3-4-6-20(13)31-15/h3-7,9-10,12,19,21-29H,8,11H2,1-2H3/t19-,21-,22+,23-,24+/m1/s1. The van der Waals surface area contributed by atoms with Gasteiger partial charge in [0.1, 0.15) is 36.3 Å². The molecule has 1 fully saturated rings. The molecule has 0 bridgehead atoms. The second-order valence-electron chi connectivity index (χ2n) is 8.44. The number of hydrogen-bond donors (Lipinski definition) is 5. The van der Waals surface area contributed by atoms with E-state index in [1.54, 1.807) is 17.4 Å². The first-order valence-corrected chi connectivity index (χ1v) is 11.3. The van der Waals surface area contributed by atoms with E-state index in [0.717, 1.165) is 11.1 Å². The first kappa shape index (κ1) is 22.2. The number of fused-ring (bicyclic) bond motifs is 1. The molecule has 0 radical (unpaired) electrons. The zero-order valence-electron chi connectivity index (χ0n) is 17.5. The van der Waals surface area contributed by atoms with E-state index < -0.39 is 37.1 Å². The molecule has 31 heavy (non-hydrogen) atoms. The fraction of sp³-hybridized carbons (Fsp3) is 0.417. The van der Waals surface area contributed by atoms with Gasteiger partial charge in [-0.25, -0.2) is 0 Å². The molecule has 2 heterocycles. The number of rotatable bonds is 5. The van der Waals surface area contributed by atoms with Crippen LogP contribution in [0, 0.1) is 0 Å². The van der Waals surface area contributed by atoms with Crippen LogP contribution >= 0.6 is 11.3 Å². The van der Waals surface area contributed by atoms with Gasteiger partial charge < -0.3 is 30.3 Å². The lowest BCUT2D eigenvalue weighted by Crippen LogP contribution is -2.55. The highest BCUT2D eigenvalue weighted by Gasteiger charge is 2.44. The lowest BCUT2D eigenvalue weighted by molar-refractivity contribution is -0.232. The van der Waals surface area contributed by atoms with Gasteiger partial charge in [-0.3, -0.25) is 0 Å². The summed E-state index contributed by atoms with van der Waals surface area (Å²) < 4.78 is 6.89. The van der Waals surface area contributed by atoms with Crippen molar-refractivity contribution in [2.45, 2.75) is 56.7 Å². The largest absolute Gasteiger partial charge is 0.508 e. The first-order valence-electron chi connectivity index (χ1n) is 10.4. The van der Waals surface area contributed by atoms with E-state index in [9.17, 15) is 25.5 Å². The lowest BCUT2D eigenvalue weighted by Gasteiger charge is -2.40. The molecule has 6 nitrogen and oxygen atoms in total. The highest BCUT2D eigenvalue weighted by Crippen LogP contribution is 2.40. The molecule has 0 amide bonds. The van der Waals surface area contributed by atoms with Crippen molar-refractivity contribution in [3.8, 4) is 5.75 Å². The Morgan fingerprint density at radius 1 is 1.00 bits per heavy atom. The van der Waals surface area contributed by atoms with E-state index in [4.69, 9.17) is 4.74 Å². The number of ether oxygens (including phenoxy) is 1. The molecule has 0 unspecified atom stereocenters. The Labute approximate surface area is 185 Å². The fourth-order valence-corrected chi connectivity index (χ4v) is 5.34. The van der Waals surface area contributed by atoms with Crippen molar-refractivity contribution in [2.75, 3.05) is 6.61 Å². The van der Waals surface area contributed by atoms with E-state index >= 15 is 0 Å². The Hall–Kier alpha value is -2.00. The molecule has 1 saturated heterocycles. The zero-order valence-corrected chi connectivity index (χ0v) is 18.3. The summed E-state index contributed by atoms with van der Waals surface area (Å²) in [6.07, 6.45) is -5.82. The molecular formula is C24H28O6S. The van der Waals surface area contributed by atoms with E-state index in [1.165, 1.54) is 15.0 Å². The second kappa shape index (κ2) is 8.86. The van der Waals surface area contributed by atoms with Crippen LogP contribution in [0.5, 0.6) is 5.75 Å². The molecule has 166 valence electrons. The van der Waals surface area contributed by atoms with Crippen LogP contribution in [0.2, 0.25) is 0 Å². The first-order chi connectivity index (χ1) is 14.8. The SMILES string of the molecule is CC(C)c1cc(O)c([C@@H]2O[C@H](CO)[C@@H](O)[C@H](O)[C@H]2O)cc1Cc1cc2ccccc2s1. The predicted octanol–water partition coefficient (Wildman–Crippen LogP) is 2.84. The van der Waals surface area contributed by atoms with E-state index in [-0.39, 0.29) is 11.7 Å². The fourth-order valence-electron chi connectivity index (χ4n) is 4.26. The van der Waals surface area contributed by atoms with Crippen molar-refractivity contribution in [1.29, 1.82) is 0 Å². The van der Waals surface area contributed by atoms with Crippen LogP contribution in [-0.4, -0.2) is 56.6 Å². The van der Waals surface area contributed by atoms with Crippen molar-refractivity contribution < 1.29 is 30.3 Å². The molecule has 7 heteroatoms. The highest BCUT2D eigenvalue weighted by atomic mass is 32.1. The number of aliphatic hydroxyl groups is 4. The van der Waals surface area contributed by atoms with Gasteiger partial charge in [0.05, 0.1) is 6.61 Å². The van der Waals surface area contributed by atoms with Crippen LogP contribution in [0.1, 0.15) is 47.4 Å². The molecule has 0 saturated carbocycles. The average molecular weight is 445 g/mol. The normalized spacial score (nSPS) is 26.6. The smallest absolute Gasteiger partial charge is 0.121 e. The number of hydrogen-bond acceptors (Lipinski definition) is 7. The van der Waals surface area contributed by atoms with Crippen LogP contribution in [0.3, 0.4) is 0 Å². The number of benzene rings is 2. The summed E-state index contributed by atoms with van der Waals surface area (Å²) in [5.41, 5.74) is 2.31. The molecule has 0 spiro atoms. The molecule has 1 aliphatic rings. The zero-order chi connectivity index (χ0) is 22.3. The monoisotopic (exact) mass is 444 g/mol. The van der Waals surface area contributed by atoms with E-state index in [0.29, 0.717) is 12.0 Å². The van der Waals surface area contributed by atoms with Gasteiger partial charge in [0.2, 0.25) is 0 Å². The summed E-state index contributed by atoms with van der Waals surface area (Å²) in [6, 6.07) is 13.8. The van der Waals surface area contributed by atoms with Crippen LogP contribution in [0.25, 0.3) is 10.1 Å². The number of phenols is 1. The summed E-state index contributed by atoms with van der Waals surface area (Å²) in [5, 5.41) is 52.2. The van der Waals surface area contributed by atoms with Gasteiger partial charge in [-0.05, 0) is 46.7 Å². The van der Waals surface area contributed by atoms with Gasteiger partial charge in [0, 0.05) is 21.6 Å². The summed E-state index contributed by atoms with van der Waals surface area (Å²) in [6.45, 7) is 3.59. The quantitative estimate of drug-likeness (QED) is 0.414. The molecular weight excluding hydrogens is 416 g/mol. The number of thiophene rings is 1. The van der Waals surface area contributed by atoms with Crippen molar-refractivity contribution in [3.63, 3.8) is 0 Å². The Morgan fingerprint density at radius 2 is 1.74 bits per heavy atom. The third-order valence-corrected chi connectivity index (χ3v) is 7.07. The van der Waals surface area contributed by atoms with E-state index in [2.05, 4.69) is 32.0 Å². The summed E-state index contributed by atoms with van der Waals surface area (Å²) in [5.74, 6) is 0.118. The molecule has 1 aromatic heterocycles. The highest BCUT2D eigenvalue weighted by molar-refractivity contribution is 7.19. The molecule has 1 aliphatic heterocycles. The van der Waals surface area contributed by atoms with Gasteiger partial charge in [-0.1, -0.05) is 32.0 Å². The van der Waals surface area contributed by atoms with Gasteiger partial charge in [0.25, 0.3) is 0 Å². The number of aliphatic hydroxyl groups excluding tert-OH is 4. The number of phenolic OH excluding ortho intramolecular Hbond substituents is 1. The predicted molar refractivity (Wildman–Crippen MR) is 120 cm³/mol. The third-order valence-electron chi connectivity index (χ3n) is 5.95. The molecule has 5 atom stereocenters. The van der Waals surface area contributed by atoms with Gasteiger partial charge >= 0.3 is 0 Å². The number of aromatic hydroxyl groups is 1. The van der Waals surface area contributed by atoms with Crippen molar-refractivity contribution in [2.24, 2.45) is 0 Å². The Bertz CT molecular complexity index is 1030. The molecule has 2 aromatic carbocycles. The summed E-state index contributed by atoms with van der Waals surface area (Å²) in [4.78, 5) is 1.17. The van der Waals surface area contributed by atoms with Crippen molar-refractivity contribution in [1.82, 2.24) is 0 Å². The maximum atomic E-state index is 10.7. The van der Waals surface area contributed by atoms with Crippen LogP contribution in [-0.2, 0) is 11.2 Å². The molecule has 3 aromatic rings. The summed E-state index contributed by atoms with van der Waals surface area (Å²) in [7, 11) is 0. The Morgan fingerprint density at radius 3 is 2.42 bits per heavy atom. The van der Waals surface area contributed by atoms with Crippen LogP contribution in [0.15, 0.2) is 42.5 Å². The van der Waals surface area contributed by atoms with Crippen molar-refractivity contribution in [3.05, 3.63) is 64.0 Å². The Kier molecular flexibility index (Phi) is 6.35. The van der Waals surface area contributed by atoms with E-state index in [1.807, 2.05) is 18.2 Å². The minimum atomic E-state index is -1.49. The minimum Gasteiger partial charge on any atom is -0.508 e. The molecule has 5 N–H and O–H groups in total. The summed E-state index contributed by atoms with van der Waals surface area (Å²) >= 11 is 1.71. The van der Waals surface area contributed by atoms with Crippen LogP contribution in [0.4, 0.5) is 0 Å². The second-order valence-corrected chi connectivity index (χ2v) is 9.61. The van der Waals surface area contributed by atoms with Gasteiger partial charge in [-0.2, -0.15) is 0 Å². The molecule has 4 rings (SSSR count). The lowest BCUT2D eigenvalue weighted by atomic mass is 9.86. The Balaban J connectivity index is 1.74. The molecule has 0 aliphatic carbocycles. The average Bonchev–Trinajstić information content (AvgIpc) is 3.16.